The summed E-state index contributed by atoms with van der Waals surface area (Å²) >= 11 is 0. The van der Waals surface area contributed by atoms with E-state index < -0.39 is 10.0 Å². The number of hydrogen-bond donors (Lipinski definition) is 3. The molecule has 0 saturated heterocycles. The summed E-state index contributed by atoms with van der Waals surface area (Å²) in [5.74, 6) is 0.719. The van der Waals surface area contributed by atoms with Crippen LogP contribution in [0.3, 0.4) is 0 Å². The molecule has 9 heteroatoms. The normalized spacial score (nSPS) is 11.8. The molecule has 1 aromatic heterocycles. The third kappa shape index (κ3) is 10.5. The second kappa shape index (κ2) is 10.9. The van der Waals surface area contributed by atoms with E-state index in [1.165, 1.54) is 0 Å². The standard InChI is InChI=1S/C12H23N5O2S.HI/c1-13-12(14-6-5-7-16-20(2,18)19)15-8-11-17-9-3-4-10-17;/h3-4,9-10,16H,5-8,11H2,1-2H3,(H2,13,14,15);1H. The van der Waals surface area contributed by atoms with Crippen molar-refractivity contribution in [3.05, 3.63) is 24.5 Å². The fourth-order valence-corrected chi connectivity index (χ4v) is 2.11. The molecular formula is C12H24IN5O2S. The molecule has 122 valence electrons. The molecule has 0 atom stereocenters. The maximum atomic E-state index is 10.9. The molecule has 0 aliphatic rings. The Hall–Kier alpha value is -0.810. The Morgan fingerprint density at radius 2 is 1.76 bits per heavy atom. The fraction of sp³-hybridized carbons (Fsp3) is 0.583. The molecule has 0 unspecified atom stereocenters. The number of rotatable bonds is 8. The van der Waals surface area contributed by atoms with Crippen LogP contribution >= 0.6 is 24.0 Å². The molecule has 3 N–H and O–H groups in total. The van der Waals surface area contributed by atoms with Crippen LogP contribution in [0.4, 0.5) is 0 Å². The van der Waals surface area contributed by atoms with E-state index in [0.717, 1.165) is 25.3 Å². The van der Waals surface area contributed by atoms with E-state index in [2.05, 4.69) is 24.9 Å². The minimum atomic E-state index is -3.10. The Balaban J connectivity index is 0.00000400. The van der Waals surface area contributed by atoms with E-state index in [0.29, 0.717) is 19.5 Å². The largest absolute Gasteiger partial charge is 0.356 e. The third-order valence-corrected chi connectivity index (χ3v) is 3.29. The maximum Gasteiger partial charge on any atom is 0.208 e. The summed E-state index contributed by atoms with van der Waals surface area (Å²) in [6.07, 6.45) is 5.87. The molecule has 0 radical (unpaired) electrons. The van der Waals surface area contributed by atoms with Crippen molar-refractivity contribution in [3.63, 3.8) is 0 Å². The Kier molecular flexibility index (Phi) is 10.4. The molecule has 0 fully saturated rings. The van der Waals surface area contributed by atoms with Crippen molar-refractivity contribution >= 4 is 40.0 Å². The zero-order valence-corrected chi connectivity index (χ0v) is 15.5. The van der Waals surface area contributed by atoms with Gasteiger partial charge < -0.3 is 15.2 Å². The quantitative estimate of drug-likeness (QED) is 0.239. The average Bonchev–Trinajstić information content (AvgIpc) is 2.88. The molecule has 1 heterocycles. The highest BCUT2D eigenvalue weighted by Gasteiger charge is 2.00. The Morgan fingerprint density at radius 3 is 2.33 bits per heavy atom. The summed E-state index contributed by atoms with van der Waals surface area (Å²) in [7, 11) is -1.39. The van der Waals surface area contributed by atoms with Gasteiger partial charge in [-0.3, -0.25) is 4.99 Å². The predicted molar refractivity (Wildman–Crippen MR) is 96.7 cm³/mol. The van der Waals surface area contributed by atoms with Gasteiger partial charge in [-0.15, -0.1) is 24.0 Å². The molecule has 1 rings (SSSR count). The van der Waals surface area contributed by atoms with Gasteiger partial charge in [0.15, 0.2) is 5.96 Å². The SMILES string of the molecule is CN=C(NCCCNS(C)(=O)=O)NCCn1cccc1.I. The lowest BCUT2D eigenvalue weighted by Crippen LogP contribution is -2.40. The minimum Gasteiger partial charge on any atom is -0.356 e. The number of guanidine groups is 1. The first kappa shape index (κ1) is 20.2. The molecule has 7 nitrogen and oxygen atoms in total. The highest BCUT2D eigenvalue weighted by Crippen LogP contribution is 1.88. The zero-order chi connectivity index (χ0) is 14.8. The van der Waals surface area contributed by atoms with Crippen LogP contribution in [-0.2, 0) is 16.6 Å². The van der Waals surface area contributed by atoms with E-state index in [9.17, 15) is 8.42 Å². The van der Waals surface area contributed by atoms with E-state index >= 15 is 0 Å². The lowest BCUT2D eigenvalue weighted by Gasteiger charge is -2.12. The van der Waals surface area contributed by atoms with E-state index in [1.807, 2.05) is 24.5 Å². The first-order valence-electron chi connectivity index (χ1n) is 6.51. The van der Waals surface area contributed by atoms with E-state index in [-0.39, 0.29) is 24.0 Å². The van der Waals surface area contributed by atoms with Crippen LogP contribution in [-0.4, -0.2) is 51.9 Å². The van der Waals surface area contributed by atoms with Crippen LogP contribution < -0.4 is 15.4 Å². The maximum absolute atomic E-state index is 10.9. The van der Waals surface area contributed by atoms with Crippen molar-refractivity contribution in [3.8, 4) is 0 Å². The monoisotopic (exact) mass is 429 g/mol. The number of sulfonamides is 1. The van der Waals surface area contributed by atoms with Gasteiger partial charge in [-0.1, -0.05) is 0 Å². The van der Waals surface area contributed by atoms with Crippen LogP contribution in [0.5, 0.6) is 0 Å². The number of hydrogen-bond acceptors (Lipinski definition) is 3. The van der Waals surface area contributed by atoms with Gasteiger partial charge in [0, 0.05) is 45.6 Å². The van der Waals surface area contributed by atoms with Crippen molar-refractivity contribution in [2.45, 2.75) is 13.0 Å². The summed E-state index contributed by atoms with van der Waals surface area (Å²) < 4.78 is 26.3. The van der Waals surface area contributed by atoms with Crippen LogP contribution in [0, 0.1) is 0 Å². The third-order valence-electron chi connectivity index (χ3n) is 2.56. The summed E-state index contributed by atoms with van der Waals surface area (Å²) in [5.41, 5.74) is 0. The minimum absolute atomic E-state index is 0. The van der Waals surface area contributed by atoms with Gasteiger partial charge in [0.05, 0.1) is 6.26 Å². The summed E-state index contributed by atoms with van der Waals surface area (Å²) in [6, 6.07) is 3.98. The molecule has 0 amide bonds. The van der Waals surface area contributed by atoms with Gasteiger partial charge in [0.1, 0.15) is 0 Å². The van der Waals surface area contributed by atoms with Crippen LogP contribution in [0.15, 0.2) is 29.5 Å². The summed E-state index contributed by atoms with van der Waals surface area (Å²) in [6.45, 7) is 2.72. The molecule has 0 aliphatic heterocycles. The molecule has 0 spiro atoms. The summed E-state index contributed by atoms with van der Waals surface area (Å²) in [5, 5.41) is 6.32. The second-order valence-electron chi connectivity index (χ2n) is 4.37. The molecular weight excluding hydrogens is 405 g/mol. The molecule has 1 aromatic rings. The fourth-order valence-electron chi connectivity index (χ4n) is 1.60. The van der Waals surface area contributed by atoms with Gasteiger partial charge >= 0.3 is 0 Å². The molecule has 21 heavy (non-hydrogen) atoms. The number of nitrogens with one attached hydrogen (secondary N) is 3. The second-order valence-corrected chi connectivity index (χ2v) is 6.20. The van der Waals surface area contributed by atoms with Crippen molar-refractivity contribution in [2.75, 3.05) is 32.9 Å². The molecule has 0 saturated carbocycles. The van der Waals surface area contributed by atoms with Crippen LogP contribution in [0.2, 0.25) is 0 Å². The molecule has 0 aliphatic carbocycles. The van der Waals surface area contributed by atoms with E-state index in [1.54, 1.807) is 7.05 Å². The lowest BCUT2D eigenvalue weighted by atomic mass is 10.4. The topological polar surface area (TPSA) is 87.5 Å². The van der Waals surface area contributed by atoms with E-state index in [4.69, 9.17) is 0 Å². The smallest absolute Gasteiger partial charge is 0.208 e. The first-order chi connectivity index (χ1) is 9.51. The zero-order valence-electron chi connectivity index (χ0n) is 12.4. The Labute approximate surface area is 143 Å². The summed E-state index contributed by atoms with van der Waals surface area (Å²) in [4.78, 5) is 4.10. The predicted octanol–water partition coefficient (Wildman–Crippen LogP) is 0.210. The Bertz CT molecular complexity index is 502. The van der Waals surface area contributed by atoms with Crippen molar-refractivity contribution < 1.29 is 8.42 Å². The average molecular weight is 429 g/mol. The van der Waals surface area contributed by atoms with Gasteiger partial charge in [-0.05, 0) is 18.6 Å². The molecule has 0 bridgehead atoms. The van der Waals surface area contributed by atoms with Gasteiger partial charge in [-0.2, -0.15) is 0 Å². The van der Waals surface area contributed by atoms with Crippen molar-refractivity contribution in [2.24, 2.45) is 4.99 Å². The van der Waals surface area contributed by atoms with Crippen molar-refractivity contribution in [1.82, 2.24) is 19.9 Å². The highest BCUT2D eigenvalue weighted by atomic mass is 127. The lowest BCUT2D eigenvalue weighted by molar-refractivity contribution is 0.584. The van der Waals surface area contributed by atoms with Crippen molar-refractivity contribution in [1.29, 1.82) is 0 Å². The number of nitrogens with zero attached hydrogens (tertiary/aromatic N) is 2. The highest BCUT2D eigenvalue weighted by molar-refractivity contribution is 14.0. The van der Waals surface area contributed by atoms with Crippen LogP contribution in [0.25, 0.3) is 0 Å². The van der Waals surface area contributed by atoms with Gasteiger partial charge in [0.2, 0.25) is 10.0 Å². The van der Waals surface area contributed by atoms with Crippen LogP contribution in [0.1, 0.15) is 6.42 Å². The first-order valence-corrected chi connectivity index (χ1v) is 8.40. The molecule has 0 aromatic carbocycles. The number of aromatic nitrogens is 1. The number of halogens is 1. The number of aliphatic imine (C=N–C) groups is 1. The van der Waals surface area contributed by atoms with Gasteiger partial charge in [-0.25, -0.2) is 13.1 Å². The van der Waals surface area contributed by atoms with Gasteiger partial charge in [0.25, 0.3) is 0 Å². The Morgan fingerprint density at radius 1 is 1.14 bits per heavy atom.